The van der Waals surface area contributed by atoms with Crippen molar-refractivity contribution in [2.24, 2.45) is 11.8 Å². The van der Waals surface area contributed by atoms with Crippen molar-refractivity contribution in [3.63, 3.8) is 0 Å². The van der Waals surface area contributed by atoms with Gasteiger partial charge in [0.1, 0.15) is 23.0 Å². The van der Waals surface area contributed by atoms with E-state index in [9.17, 15) is 25.5 Å². The minimum atomic E-state index is -0.577. The van der Waals surface area contributed by atoms with Crippen molar-refractivity contribution >= 4 is 46.4 Å². The van der Waals surface area contributed by atoms with Gasteiger partial charge in [-0.15, -0.1) is 0 Å². The van der Waals surface area contributed by atoms with Crippen LogP contribution in [0.1, 0.15) is 128 Å². The predicted molar refractivity (Wildman–Crippen MR) is 217 cm³/mol. The number of allylic oxidation sites excluding steroid dienone is 5. The Hall–Kier alpha value is -2.28. The molecule has 5 N–H and O–H groups in total. The molecule has 0 spiro atoms. The molecule has 2 aromatic rings. The number of phenolic OH excluding ortho intramolecular Hbond substituents is 4. The summed E-state index contributed by atoms with van der Waals surface area (Å²) in [5.41, 5.74) is 4.58. The molecule has 0 amide bonds. The third-order valence-electron chi connectivity index (χ3n) is 9.77. The number of aliphatic hydroxyl groups is 1. The molecule has 284 valence electrons. The summed E-state index contributed by atoms with van der Waals surface area (Å²) in [6.45, 7) is 20.1. The Kier molecular flexibility index (Phi) is 18.3. The van der Waals surface area contributed by atoms with E-state index in [4.69, 9.17) is 46.4 Å². The zero-order valence-electron chi connectivity index (χ0n) is 31.2. The van der Waals surface area contributed by atoms with Gasteiger partial charge in [0.15, 0.2) is 0 Å². The molecular weight excluding hydrogens is 726 g/mol. The molecule has 5 nitrogen and oxygen atoms in total. The Labute approximate surface area is 326 Å². The predicted octanol–water partition coefficient (Wildman–Crippen LogP) is 13.6. The van der Waals surface area contributed by atoms with E-state index in [1.165, 1.54) is 11.1 Å². The van der Waals surface area contributed by atoms with Gasteiger partial charge in [-0.05, 0) is 102 Å². The minimum absolute atomic E-state index is 0.0442. The van der Waals surface area contributed by atoms with E-state index in [-0.39, 0.29) is 54.9 Å². The smallest absolute Gasteiger partial charge is 0.142 e. The Bertz CT molecular complexity index is 1520. The second-order valence-electron chi connectivity index (χ2n) is 14.4. The highest BCUT2D eigenvalue weighted by atomic mass is 35.5. The van der Waals surface area contributed by atoms with E-state index in [0.29, 0.717) is 35.4 Å². The standard InChI is InChI=1S/C21H28Cl2O2.C11H14Cl2O2.C10H16O/c1-5-6-7-8-15-18(22)20(24)17(21(25)19(15)23)16-11-13(4)9-10-14(16)12(2)3;1-2-3-4-5-7-10(12)8(14)6-9(15)11(7)13;1-8(2)9-4-6-10(3,11)7-5-9/h11,14,16,24-25H,2,5-10H2,1,3-4H3;6,14-15H,2-5H2,1H3;4,6,9,11H,1,5,7H2,2-3H3/t14-,16+;;9-,10+/m0.0/s1. The van der Waals surface area contributed by atoms with Crippen molar-refractivity contribution in [2.45, 2.75) is 130 Å². The van der Waals surface area contributed by atoms with Gasteiger partial charge in [-0.3, -0.25) is 0 Å². The second-order valence-corrected chi connectivity index (χ2v) is 15.9. The molecule has 0 fully saturated rings. The molecule has 0 radical (unpaired) electrons. The van der Waals surface area contributed by atoms with Crippen LogP contribution in [-0.4, -0.2) is 31.1 Å². The SMILES string of the molecule is C=C(C)[C@@H]1CCC(C)=C[C@H]1c1c(O)c(Cl)c(CCCCC)c(Cl)c1O.C=C(C)[C@H]1C=C[C@@](C)(O)CC1.CCCCCc1c(Cl)c(O)cc(O)c1Cl. The van der Waals surface area contributed by atoms with Crippen LogP contribution in [0, 0.1) is 11.8 Å². The number of phenols is 4. The quantitative estimate of drug-likeness (QED) is 0.115. The fourth-order valence-electron chi connectivity index (χ4n) is 6.52. The summed E-state index contributed by atoms with van der Waals surface area (Å²) in [6.07, 6.45) is 17.3. The number of benzene rings is 2. The lowest BCUT2D eigenvalue weighted by molar-refractivity contribution is 0.0903. The van der Waals surface area contributed by atoms with Crippen LogP contribution < -0.4 is 0 Å². The van der Waals surface area contributed by atoms with Crippen LogP contribution in [0.5, 0.6) is 23.0 Å². The van der Waals surface area contributed by atoms with Crippen LogP contribution in [0.25, 0.3) is 0 Å². The van der Waals surface area contributed by atoms with E-state index in [2.05, 4.69) is 46.1 Å². The van der Waals surface area contributed by atoms with Crippen LogP contribution >= 0.6 is 46.4 Å². The van der Waals surface area contributed by atoms with Crippen LogP contribution in [0.3, 0.4) is 0 Å². The number of rotatable bonds is 11. The topological polar surface area (TPSA) is 101 Å². The van der Waals surface area contributed by atoms with E-state index < -0.39 is 5.60 Å². The maximum Gasteiger partial charge on any atom is 0.142 e. The second kappa shape index (κ2) is 20.8. The maximum absolute atomic E-state index is 10.8. The van der Waals surface area contributed by atoms with Gasteiger partial charge in [-0.1, -0.05) is 134 Å². The normalized spacial score (nSPS) is 21.2. The average molecular weight is 785 g/mol. The molecular formula is C42H58Cl4O5. The largest absolute Gasteiger partial charge is 0.506 e. The fourth-order valence-corrected chi connectivity index (χ4v) is 7.68. The summed E-state index contributed by atoms with van der Waals surface area (Å²) in [6, 6.07) is 1.16. The lowest BCUT2D eigenvalue weighted by Gasteiger charge is -2.32. The molecule has 0 heterocycles. The molecule has 4 atom stereocenters. The summed E-state index contributed by atoms with van der Waals surface area (Å²) in [5, 5.41) is 50.9. The first kappa shape index (κ1) is 44.9. The van der Waals surface area contributed by atoms with E-state index in [0.717, 1.165) is 75.8 Å². The number of hydrogen-bond acceptors (Lipinski definition) is 5. The first-order chi connectivity index (χ1) is 23.9. The van der Waals surface area contributed by atoms with Crippen LogP contribution in [0.15, 0.2) is 54.2 Å². The number of hydrogen-bond donors (Lipinski definition) is 5. The Balaban J connectivity index is 0.000000293. The summed E-state index contributed by atoms with van der Waals surface area (Å²) in [7, 11) is 0. The van der Waals surface area contributed by atoms with E-state index in [1.54, 1.807) is 0 Å². The average Bonchev–Trinajstić information content (AvgIpc) is 3.06. The number of unbranched alkanes of at least 4 members (excludes halogenated alkanes) is 4. The molecule has 2 aliphatic carbocycles. The third-order valence-corrected chi connectivity index (χ3v) is 11.4. The molecule has 51 heavy (non-hydrogen) atoms. The highest BCUT2D eigenvalue weighted by Crippen LogP contribution is 2.52. The van der Waals surface area contributed by atoms with Gasteiger partial charge in [0, 0.05) is 17.5 Å². The van der Waals surface area contributed by atoms with Crippen molar-refractivity contribution in [3.8, 4) is 23.0 Å². The molecule has 0 unspecified atom stereocenters. The van der Waals surface area contributed by atoms with E-state index in [1.807, 2.05) is 26.8 Å². The highest BCUT2D eigenvalue weighted by Gasteiger charge is 2.33. The molecule has 0 bridgehead atoms. The first-order valence-electron chi connectivity index (χ1n) is 18.1. The molecule has 9 heteroatoms. The number of halogens is 4. The van der Waals surface area contributed by atoms with Gasteiger partial charge in [0.25, 0.3) is 0 Å². The fraction of sp³-hybridized carbons (Fsp3) is 0.524. The van der Waals surface area contributed by atoms with Crippen molar-refractivity contribution in [3.05, 3.63) is 91.0 Å². The molecule has 0 aromatic heterocycles. The summed E-state index contributed by atoms with van der Waals surface area (Å²) in [4.78, 5) is 0. The van der Waals surface area contributed by atoms with Gasteiger partial charge in [0.2, 0.25) is 0 Å². The zero-order chi connectivity index (χ0) is 38.6. The van der Waals surface area contributed by atoms with Crippen molar-refractivity contribution < 1.29 is 25.5 Å². The van der Waals surface area contributed by atoms with Crippen LogP contribution in [0.4, 0.5) is 0 Å². The minimum Gasteiger partial charge on any atom is -0.506 e. The Morgan fingerprint density at radius 2 is 1.27 bits per heavy atom. The monoisotopic (exact) mass is 782 g/mol. The lowest BCUT2D eigenvalue weighted by atomic mass is 9.73. The molecule has 2 aromatic carbocycles. The van der Waals surface area contributed by atoms with Crippen LogP contribution in [0.2, 0.25) is 20.1 Å². The van der Waals surface area contributed by atoms with Gasteiger partial charge >= 0.3 is 0 Å². The highest BCUT2D eigenvalue weighted by molar-refractivity contribution is 6.38. The summed E-state index contributed by atoms with van der Waals surface area (Å²) in [5.74, 6) is 0.143. The van der Waals surface area contributed by atoms with Crippen molar-refractivity contribution in [1.82, 2.24) is 0 Å². The molecule has 4 rings (SSSR count). The molecule has 0 saturated carbocycles. The maximum atomic E-state index is 10.8. The van der Waals surface area contributed by atoms with Gasteiger partial charge in [0.05, 0.1) is 25.7 Å². The molecule has 2 aliphatic rings. The van der Waals surface area contributed by atoms with Crippen molar-refractivity contribution in [1.29, 1.82) is 0 Å². The third kappa shape index (κ3) is 12.7. The summed E-state index contributed by atoms with van der Waals surface area (Å²) >= 11 is 24.7. The molecule has 0 saturated heterocycles. The Morgan fingerprint density at radius 3 is 1.69 bits per heavy atom. The number of aromatic hydroxyl groups is 4. The van der Waals surface area contributed by atoms with Crippen molar-refractivity contribution in [2.75, 3.05) is 0 Å². The first-order valence-corrected chi connectivity index (χ1v) is 19.6. The summed E-state index contributed by atoms with van der Waals surface area (Å²) < 4.78 is 0. The zero-order valence-corrected chi connectivity index (χ0v) is 34.2. The van der Waals surface area contributed by atoms with Gasteiger partial charge < -0.3 is 25.5 Å². The molecule has 0 aliphatic heterocycles. The van der Waals surface area contributed by atoms with Crippen LogP contribution in [-0.2, 0) is 12.8 Å². The van der Waals surface area contributed by atoms with Gasteiger partial charge in [-0.25, -0.2) is 0 Å². The van der Waals surface area contributed by atoms with E-state index >= 15 is 0 Å². The lowest BCUT2D eigenvalue weighted by Crippen LogP contribution is -2.25. The van der Waals surface area contributed by atoms with Gasteiger partial charge in [-0.2, -0.15) is 0 Å². The Morgan fingerprint density at radius 1 is 0.784 bits per heavy atom.